The maximum absolute atomic E-state index is 13.7. The third-order valence-electron chi connectivity index (χ3n) is 12.5. The minimum Gasteiger partial charge on any atom is -0.387 e. The molecule has 0 amide bonds. The van der Waals surface area contributed by atoms with Crippen molar-refractivity contribution in [2.75, 3.05) is 57.8 Å². The SMILES string of the molecule is COCC[C@H]1[C@@H](O)[C@H]([n+]2cn(C)c3c(=O)[nH]c(N)nc32)O[C@@H]1COP(=O)(O)OP(=O)(O)NP(=O)(O)OC[C@H]1O[C@@H](n2cnc3c(N)ncnc32)[C@H](OC)[C@@H]1OP(=O)(O)OC[C@H]1O[C@@H](n2cnc3c(=O)[nH]c(N)nc32)[C@H](O)[C@@H]1O. The molecule has 428 valence electrons. The topological polar surface area (TPSA) is 554 Å². The van der Waals surface area contributed by atoms with Crippen LogP contribution < -0.4 is 37.7 Å². The monoisotopic (exact) mass is 1190 g/mol. The number of nitrogens with zero attached hydrogens (tertiary/aromatic N) is 10. The zero-order valence-electron chi connectivity index (χ0n) is 40.4. The molecule has 3 aliphatic rings. The third-order valence-corrected chi connectivity index (χ3v) is 18.2. The number of hydrogen-bond acceptors (Lipinski definition) is 28. The molecular weight excluding hydrogens is 1140 g/mol. The van der Waals surface area contributed by atoms with Crippen LogP contribution in [0.4, 0.5) is 17.7 Å². The Balaban J connectivity index is 0.871. The first-order chi connectivity index (χ1) is 36.7. The first kappa shape index (κ1) is 57.5. The van der Waals surface area contributed by atoms with Crippen LogP contribution in [-0.4, -0.2) is 178 Å². The number of aryl methyl sites for hydroxylation is 1. The highest BCUT2D eigenvalue weighted by atomic mass is 31.3. The third kappa shape index (κ3) is 11.7. The predicted octanol–water partition coefficient (Wildman–Crippen LogP) is -3.85. The molecule has 0 aliphatic carbocycles. The smallest absolute Gasteiger partial charge is 0.387 e. The fourth-order valence-electron chi connectivity index (χ4n) is 9.04. The minimum absolute atomic E-state index is 0.00162. The Morgan fingerprint density at radius 3 is 2.09 bits per heavy atom. The van der Waals surface area contributed by atoms with Gasteiger partial charge in [0, 0.05) is 26.7 Å². The number of fused-ring (bicyclic) bond motifs is 3. The van der Waals surface area contributed by atoms with Crippen molar-refractivity contribution in [2.45, 2.75) is 73.9 Å². The summed E-state index contributed by atoms with van der Waals surface area (Å²) in [7, 11) is -18.8. The number of H-pyrrole nitrogens is 2. The van der Waals surface area contributed by atoms with E-state index < -0.39 is 136 Å². The highest BCUT2D eigenvalue weighted by molar-refractivity contribution is 7.71. The van der Waals surface area contributed by atoms with Crippen LogP contribution >= 0.6 is 31.1 Å². The molecule has 9 heterocycles. The zero-order valence-corrected chi connectivity index (χ0v) is 44.0. The van der Waals surface area contributed by atoms with Gasteiger partial charge in [-0.05, 0) is 6.42 Å². The predicted molar refractivity (Wildman–Crippen MR) is 255 cm³/mol. The van der Waals surface area contributed by atoms with E-state index in [9.17, 15) is 62.7 Å². The second-order valence-electron chi connectivity index (χ2n) is 17.5. The lowest BCUT2D eigenvalue weighted by atomic mass is 9.95. The van der Waals surface area contributed by atoms with Crippen LogP contribution in [-0.2, 0) is 71.4 Å². The molecule has 3 fully saturated rings. The van der Waals surface area contributed by atoms with Gasteiger partial charge in [0.2, 0.25) is 17.7 Å². The van der Waals surface area contributed by atoms with Crippen LogP contribution in [0, 0.1) is 5.92 Å². The molecule has 0 spiro atoms. The number of anilines is 3. The van der Waals surface area contributed by atoms with Crippen LogP contribution in [0.2, 0.25) is 0 Å². The Kier molecular flexibility index (Phi) is 16.3. The van der Waals surface area contributed by atoms with Crippen LogP contribution in [0.1, 0.15) is 25.1 Å². The summed E-state index contributed by atoms with van der Waals surface area (Å²) < 4.78 is 112. The maximum atomic E-state index is 13.7. The van der Waals surface area contributed by atoms with E-state index in [0.29, 0.717) is 0 Å². The van der Waals surface area contributed by atoms with Crippen molar-refractivity contribution in [3.05, 3.63) is 46.0 Å². The molecule has 39 nitrogen and oxygen atoms in total. The van der Waals surface area contributed by atoms with E-state index in [0.717, 1.165) is 24.3 Å². The number of nitrogen functional groups attached to an aromatic ring is 3. The van der Waals surface area contributed by atoms with E-state index in [1.54, 1.807) is 0 Å². The van der Waals surface area contributed by atoms with Gasteiger partial charge in [-0.1, -0.05) is 4.98 Å². The number of nitrogens with one attached hydrogen (secondary N) is 3. The average molecular weight is 1190 g/mol. The van der Waals surface area contributed by atoms with Crippen LogP contribution in [0.25, 0.3) is 33.5 Å². The molecular formula is C35H51N16O23P4+. The number of rotatable bonds is 22. The van der Waals surface area contributed by atoms with Gasteiger partial charge in [-0.2, -0.15) is 9.29 Å². The number of aliphatic hydroxyl groups is 3. The number of imidazole rings is 3. The Hall–Kier alpha value is -5.15. The van der Waals surface area contributed by atoms with Gasteiger partial charge >= 0.3 is 36.8 Å². The van der Waals surface area contributed by atoms with Gasteiger partial charge in [-0.25, -0.2) is 42.8 Å². The van der Waals surface area contributed by atoms with Crippen molar-refractivity contribution in [1.82, 2.24) is 58.4 Å². The number of phosphoric ester groups is 2. The summed E-state index contributed by atoms with van der Waals surface area (Å²) >= 11 is 0. The molecule has 6 aromatic rings. The van der Waals surface area contributed by atoms with Crippen molar-refractivity contribution in [2.24, 2.45) is 13.0 Å². The minimum atomic E-state index is -5.93. The fourth-order valence-corrected chi connectivity index (χ4v) is 14.0. The molecule has 0 saturated carbocycles. The van der Waals surface area contributed by atoms with Crippen LogP contribution in [0.3, 0.4) is 0 Å². The quantitative estimate of drug-likeness (QED) is 0.0229. The summed E-state index contributed by atoms with van der Waals surface area (Å²) in [5, 5.41) is 33.2. The van der Waals surface area contributed by atoms with Crippen molar-refractivity contribution in [1.29, 1.82) is 0 Å². The Morgan fingerprint density at radius 2 is 1.37 bits per heavy atom. The van der Waals surface area contributed by atoms with Gasteiger partial charge in [-0.15, -0.1) is 4.86 Å². The maximum Gasteiger partial charge on any atom is 0.480 e. The van der Waals surface area contributed by atoms with Crippen LogP contribution in [0.5, 0.6) is 0 Å². The molecule has 9 rings (SSSR count). The molecule has 43 heteroatoms. The lowest BCUT2D eigenvalue weighted by Gasteiger charge is -2.26. The van der Waals surface area contributed by atoms with Crippen molar-refractivity contribution in [3.63, 3.8) is 0 Å². The second kappa shape index (κ2) is 22.1. The number of aromatic nitrogens is 12. The fraction of sp³-hybridized carbons (Fsp3) is 0.571. The molecule has 0 bridgehead atoms. The highest BCUT2D eigenvalue weighted by Gasteiger charge is 2.53. The summed E-state index contributed by atoms with van der Waals surface area (Å²) in [5.41, 5.74) is 15.9. The highest BCUT2D eigenvalue weighted by Crippen LogP contribution is 2.62. The first-order valence-electron chi connectivity index (χ1n) is 22.6. The normalized spacial score (nSPS) is 29.8. The molecule has 16 atom stereocenters. The van der Waals surface area contributed by atoms with Crippen LogP contribution in [0.15, 0.2) is 34.9 Å². The van der Waals surface area contributed by atoms with E-state index in [4.69, 9.17) is 59.0 Å². The zero-order chi connectivity index (χ0) is 56.4. The number of aromatic amines is 2. The van der Waals surface area contributed by atoms with E-state index in [1.807, 2.05) is 0 Å². The number of hydrogen-bond donors (Lipinski definition) is 13. The van der Waals surface area contributed by atoms with Gasteiger partial charge < -0.3 is 75.8 Å². The van der Waals surface area contributed by atoms with Gasteiger partial charge in [-0.3, -0.25) is 51.4 Å². The second-order valence-corrected chi connectivity index (χ2v) is 23.9. The van der Waals surface area contributed by atoms with Gasteiger partial charge in [0.15, 0.2) is 41.4 Å². The van der Waals surface area contributed by atoms with Gasteiger partial charge in [0.1, 0.15) is 54.6 Å². The summed E-state index contributed by atoms with van der Waals surface area (Å²) in [4.78, 5) is 98.1. The molecule has 6 aromatic heterocycles. The Bertz CT molecular complexity index is 3530. The molecule has 4 unspecified atom stereocenters. The van der Waals surface area contributed by atoms with Gasteiger partial charge in [0.05, 0.1) is 45.6 Å². The molecule has 16 N–H and O–H groups in total. The first-order valence-corrected chi connectivity index (χ1v) is 28.7. The van der Waals surface area contributed by atoms with E-state index >= 15 is 0 Å². The van der Waals surface area contributed by atoms with E-state index in [1.165, 1.54) is 45.4 Å². The average Bonchev–Trinajstić information content (AvgIpc) is 4.39. The number of methoxy groups -OCH3 is 2. The summed E-state index contributed by atoms with van der Waals surface area (Å²) in [6, 6.07) is 0. The molecule has 0 aromatic carbocycles. The lowest BCUT2D eigenvalue weighted by Crippen LogP contribution is -2.45. The molecule has 3 saturated heterocycles. The lowest BCUT2D eigenvalue weighted by molar-refractivity contribution is -0.745. The molecule has 78 heavy (non-hydrogen) atoms. The van der Waals surface area contributed by atoms with E-state index in [2.05, 4.69) is 44.2 Å². The molecule has 0 radical (unpaired) electrons. The van der Waals surface area contributed by atoms with Crippen molar-refractivity contribution < 1.29 is 104 Å². The number of ether oxygens (including phenoxy) is 5. The number of aliphatic hydroxyl groups excluding tert-OH is 3. The number of nitrogens with two attached hydrogens (primary N) is 3. The van der Waals surface area contributed by atoms with Crippen molar-refractivity contribution in [3.8, 4) is 0 Å². The Morgan fingerprint density at radius 1 is 0.731 bits per heavy atom. The van der Waals surface area contributed by atoms with Crippen molar-refractivity contribution >= 4 is 82.3 Å². The number of phosphoric acid groups is 2. The summed E-state index contributed by atoms with van der Waals surface area (Å²) in [5.74, 6) is -1.56. The van der Waals surface area contributed by atoms with Gasteiger partial charge in [0.25, 0.3) is 17.1 Å². The standard InChI is InChI=1S/C35H50N16O23P4/c1-48-12-51(28-19(48)30(56)46-35(38)44-28)31-20(52)13(4-5-65-2)14(70-31)6-69-78(63,64)74-76(59,60)47-75(57,58)67-8-16-23(24(66-3)33(72-16)49-10-41-17-25(36)39-9-40-26(17)49)73-77(61,62)68-7-15-21(53)22(54)32(71-15)50-11-42-18-27(50)43-34(37)45-29(18)55/h9-16,20-24,31-33,52-54H,4-8H2,1-3H3,(H12-,36,37,38,39,40,43,44,45,46,47,55,56,57,58,59,60,61,62,63,64)/p+1/t13-,14-,15-,16-,20-,21-,22-,23-,24-,31-,32-,33-/m1/s1. The largest absolute Gasteiger partial charge is 0.480 e. The Labute approximate surface area is 434 Å². The summed E-state index contributed by atoms with van der Waals surface area (Å²) in [6.45, 7) is -3.02. The molecule has 3 aliphatic heterocycles. The van der Waals surface area contributed by atoms with E-state index in [-0.39, 0.29) is 64.2 Å². The summed E-state index contributed by atoms with van der Waals surface area (Å²) in [6.07, 6.45) is -12.5.